The van der Waals surface area contributed by atoms with E-state index in [4.69, 9.17) is 4.74 Å². The third kappa shape index (κ3) is 4.26. The van der Waals surface area contributed by atoms with Crippen LogP contribution in [-0.2, 0) is 10.0 Å². The molecule has 2 heterocycles. The molecular formula is C23H26N4O3S. The highest BCUT2D eigenvalue weighted by Crippen LogP contribution is 2.30. The maximum Gasteiger partial charge on any atom is 0.246 e. The standard InChI is InChI=1S/C23H26N4O3S/c1-17-15-21(30-3)22(16-18(17)2)31(28,29)27-13-11-26(12-14-27)23-10-9-20(24-25-23)19-7-5-4-6-8-19/h4-10,15-16H,11-14H2,1-3H3. The molecule has 0 atom stereocenters. The van der Waals surface area contributed by atoms with E-state index in [9.17, 15) is 8.42 Å². The molecule has 0 N–H and O–H groups in total. The van der Waals surface area contributed by atoms with E-state index >= 15 is 0 Å². The van der Waals surface area contributed by atoms with E-state index in [-0.39, 0.29) is 4.90 Å². The average molecular weight is 439 g/mol. The molecule has 0 amide bonds. The van der Waals surface area contributed by atoms with Gasteiger partial charge in [0, 0.05) is 31.7 Å². The molecule has 8 heteroatoms. The van der Waals surface area contributed by atoms with Gasteiger partial charge < -0.3 is 9.64 Å². The van der Waals surface area contributed by atoms with E-state index in [0.29, 0.717) is 31.9 Å². The van der Waals surface area contributed by atoms with Crippen molar-refractivity contribution in [2.45, 2.75) is 18.7 Å². The maximum atomic E-state index is 13.3. The highest BCUT2D eigenvalue weighted by molar-refractivity contribution is 7.89. The largest absolute Gasteiger partial charge is 0.495 e. The van der Waals surface area contributed by atoms with Crippen LogP contribution in [0, 0.1) is 13.8 Å². The Balaban J connectivity index is 1.48. The second kappa shape index (κ2) is 8.64. The first-order valence-electron chi connectivity index (χ1n) is 10.2. The van der Waals surface area contributed by atoms with Gasteiger partial charge in [-0.25, -0.2) is 8.42 Å². The smallest absolute Gasteiger partial charge is 0.246 e. The quantitative estimate of drug-likeness (QED) is 0.609. The molecule has 0 radical (unpaired) electrons. The van der Waals surface area contributed by atoms with Crippen molar-refractivity contribution in [2.24, 2.45) is 0 Å². The van der Waals surface area contributed by atoms with Crippen LogP contribution in [-0.4, -0.2) is 56.2 Å². The van der Waals surface area contributed by atoms with Crippen molar-refractivity contribution in [1.29, 1.82) is 0 Å². The number of anilines is 1. The maximum absolute atomic E-state index is 13.3. The molecule has 0 bridgehead atoms. The fraction of sp³-hybridized carbons (Fsp3) is 0.304. The number of hydrogen-bond donors (Lipinski definition) is 0. The molecule has 3 aromatic rings. The Kier molecular flexibility index (Phi) is 5.93. The van der Waals surface area contributed by atoms with E-state index in [1.807, 2.05) is 56.3 Å². The average Bonchev–Trinajstić information content (AvgIpc) is 2.81. The van der Waals surface area contributed by atoms with Gasteiger partial charge in [-0.2, -0.15) is 4.31 Å². The monoisotopic (exact) mass is 438 g/mol. The Morgan fingerprint density at radius 1 is 0.871 bits per heavy atom. The molecule has 0 aliphatic carbocycles. The summed E-state index contributed by atoms with van der Waals surface area (Å²) in [6.45, 7) is 5.69. The van der Waals surface area contributed by atoms with Gasteiger partial charge in [0.05, 0.1) is 12.8 Å². The number of aryl methyl sites for hydroxylation is 2. The second-order valence-electron chi connectivity index (χ2n) is 7.62. The third-order valence-corrected chi connectivity index (χ3v) is 7.60. The predicted molar refractivity (Wildman–Crippen MR) is 121 cm³/mol. The molecule has 0 spiro atoms. The van der Waals surface area contributed by atoms with Crippen molar-refractivity contribution in [3.05, 3.63) is 65.7 Å². The van der Waals surface area contributed by atoms with Gasteiger partial charge in [0.2, 0.25) is 10.0 Å². The van der Waals surface area contributed by atoms with Crippen LogP contribution in [0.25, 0.3) is 11.3 Å². The van der Waals surface area contributed by atoms with Crippen molar-refractivity contribution in [3.63, 3.8) is 0 Å². The van der Waals surface area contributed by atoms with E-state index in [0.717, 1.165) is 28.2 Å². The van der Waals surface area contributed by atoms with Gasteiger partial charge >= 0.3 is 0 Å². The fourth-order valence-corrected chi connectivity index (χ4v) is 5.32. The zero-order chi connectivity index (χ0) is 22.0. The van der Waals surface area contributed by atoms with Crippen LogP contribution in [0.5, 0.6) is 5.75 Å². The van der Waals surface area contributed by atoms with Crippen molar-refractivity contribution in [2.75, 3.05) is 38.2 Å². The Hall–Kier alpha value is -2.97. The van der Waals surface area contributed by atoms with Crippen molar-refractivity contribution < 1.29 is 13.2 Å². The normalized spacial score (nSPS) is 15.1. The molecule has 4 rings (SSSR count). The highest BCUT2D eigenvalue weighted by atomic mass is 32.2. The van der Waals surface area contributed by atoms with Crippen LogP contribution in [0.15, 0.2) is 59.5 Å². The summed E-state index contributed by atoms with van der Waals surface area (Å²) in [6.07, 6.45) is 0. The molecule has 0 saturated carbocycles. The fourth-order valence-electron chi connectivity index (χ4n) is 3.68. The summed E-state index contributed by atoms with van der Waals surface area (Å²) < 4.78 is 33.4. The molecule has 162 valence electrons. The second-order valence-corrected chi connectivity index (χ2v) is 9.53. The lowest BCUT2D eigenvalue weighted by atomic mass is 10.1. The van der Waals surface area contributed by atoms with Gasteiger partial charge in [0.25, 0.3) is 0 Å². The summed E-state index contributed by atoms with van der Waals surface area (Å²) in [5, 5.41) is 8.70. The van der Waals surface area contributed by atoms with Gasteiger partial charge in [-0.1, -0.05) is 30.3 Å². The highest BCUT2D eigenvalue weighted by Gasteiger charge is 2.31. The summed E-state index contributed by atoms with van der Waals surface area (Å²) in [5.41, 5.74) is 3.75. The number of sulfonamides is 1. The Bertz CT molecular complexity index is 1160. The first-order valence-corrected chi connectivity index (χ1v) is 11.6. The van der Waals surface area contributed by atoms with Crippen LogP contribution in [0.3, 0.4) is 0 Å². The molecule has 7 nitrogen and oxygen atoms in total. The molecule has 1 aromatic heterocycles. The minimum atomic E-state index is -3.65. The molecule has 1 fully saturated rings. The number of benzene rings is 2. The third-order valence-electron chi connectivity index (χ3n) is 5.68. The Morgan fingerprint density at radius 2 is 1.55 bits per heavy atom. The first-order chi connectivity index (χ1) is 14.9. The Morgan fingerprint density at radius 3 is 2.16 bits per heavy atom. The van der Waals surface area contributed by atoms with Gasteiger partial charge in [0.15, 0.2) is 5.82 Å². The molecule has 1 saturated heterocycles. The summed E-state index contributed by atoms with van der Waals surface area (Å²) >= 11 is 0. The van der Waals surface area contributed by atoms with Gasteiger partial charge in [-0.3, -0.25) is 0 Å². The summed E-state index contributed by atoms with van der Waals surface area (Å²) in [4.78, 5) is 2.28. The van der Waals surface area contributed by atoms with E-state index in [1.165, 1.54) is 11.4 Å². The van der Waals surface area contributed by atoms with Gasteiger partial charge in [-0.05, 0) is 49.2 Å². The van der Waals surface area contributed by atoms with E-state index < -0.39 is 10.0 Å². The number of rotatable bonds is 5. The number of piperazine rings is 1. The number of hydrogen-bond acceptors (Lipinski definition) is 6. The van der Waals surface area contributed by atoms with Crippen molar-refractivity contribution in [1.82, 2.24) is 14.5 Å². The number of methoxy groups -OCH3 is 1. The Labute approximate surface area is 183 Å². The molecule has 0 unspecified atom stereocenters. The zero-order valence-corrected chi connectivity index (χ0v) is 18.8. The molecule has 2 aromatic carbocycles. The van der Waals surface area contributed by atoms with Crippen molar-refractivity contribution in [3.8, 4) is 17.0 Å². The summed E-state index contributed by atoms with van der Waals surface area (Å²) in [5.74, 6) is 1.13. The van der Waals surface area contributed by atoms with Crippen LogP contribution in [0.4, 0.5) is 5.82 Å². The topological polar surface area (TPSA) is 75.6 Å². The lowest BCUT2D eigenvalue weighted by Gasteiger charge is -2.34. The summed E-state index contributed by atoms with van der Waals surface area (Å²) in [6, 6.07) is 17.2. The lowest BCUT2D eigenvalue weighted by Crippen LogP contribution is -2.49. The van der Waals surface area contributed by atoms with Crippen LogP contribution < -0.4 is 9.64 Å². The molecule has 1 aliphatic heterocycles. The number of nitrogens with zero attached hydrogens (tertiary/aromatic N) is 4. The van der Waals surface area contributed by atoms with Gasteiger partial charge in [0.1, 0.15) is 10.6 Å². The molecule has 31 heavy (non-hydrogen) atoms. The van der Waals surface area contributed by atoms with Crippen molar-refractivity contribution >= 4 is 15.8 Å². The van der Waals surface area contributed by atoms with E-state index in [2.05, 4.69) is 15.1 Å². The van der Waals surface area contributed by atoms with Crippen LogP contribution in [0.1, 0.15) is 11.1 Å². The molecular weight excluding hydrogens is 412 g/mol. The first kappa shape index (κ1) is 21.3. The predicted octanol–water partition coefficient (Wildman–Crippen LogP) is 3.28. The number of ether oxygens (including phenoxy) is 1. The SMILES string of the molecule is COc1cc(C)c(C)cc1S(=O)(=O)N1CCN(c2ccc(-c3ccccc3)nn2)CC1. The van der Waals surface area contributed by atoms with Crippen LogP contribution >= 0.6 is 0 Å². The van der Waals surface area contributed by atoms with Gasteiger partial charge in [-0.15, -0.1) is 10.2 Å². The van der Waals surface area contributed by atoms with Crippen LogP contribution in [0.2, 0.25) is 0 Å². The molecule has 1 aliphatic rings. The summed E-state index contributed by atoms with van der Waals surface area (Å²) in [7, 11) is -2.15. The minimum Gasteiger partial charge on any atom is -0.495 e. The zero-order valence-electron chi connectivity index (χ0n) is 17.9. The number of aromatic nitrogens is 2. The van der Waals surface area contributed by atoms with E-state index in [1.54, 1.807) is 12.1 Å². The lowest BCUT2D eigenvalue weighted by molar-refractivity contribution is 0.373. The minimum absolute atomic E-state index is 0.221.